The molecule has 1 fully saturated rings. The second-order valence-corrected chi connectivity index (χ2v) is 6.41. The predicted octanol–water partition coefficient (Wildman–Crippen LogP) is 3.47. The van der Waals surface area contributed by atoms with Crippen LogP contribution in [0.2, 0.25) is 0 Å². The first-order valence-electron chi connectivity index (χ1n) is 8.75. The molecule has 134 valence electrons. The van der Waals surface area contributed by atoms with Gasteiger partial charge in [-0.25, -0.2) is 9.78 Å². The molecule has 1 N–H and O–H groups in total. The van der Waals surface area contributed by atoms with Crippen LogP contribution in [-0.4, -0.2) is 35.1 Å². The van der Waals surface area contributed by atoms with Crippen LogP contribution >= 0.6 is 0 Å². The Morgan fingerprint density at radius 3 is 2.96 bits per heavy atom. The molecule has 2 heterocycles. The van der Waals surface area contributed by atoms with Gasteiger partial charge in [-0.2, -0.15) is 5.26 Å². The van der Waals surface area contributed by atoms with Crippen LogP contribution in [0.5, 0.6) is 0 Å². The molecule has 0 bridgehead atoms. The van der Waals surface area contributed by atoms with Gasteiger partial charge in [-0.15, -0.1) is 0 Å². The number of carbonyl (C=O) groups excluding carboxylic acids is 1. The van der Waals surface area contributed by atoms with Gasteiger partial charge in [-0.3, -0.25) is 0 Å². The van der Waals surface area contributed by atoms with Gasteiger partial charge in [0.2, 0.25) is 0 Å². The number of hydrogen-bond acceptors (Lipinski definition) is 5. The summed E-state index contributed by atoms with van der Waals surface area (Å²) >= 11 is 0. The van der Waals surface area contributed by atoms with E-state index >= 15 is 0 Å². The number of nitrogens with zero attached hydrogens (tertiary/aromatic N) is 3. The van der Waals surface area contributed by atoms with Gasteiger partial charge in [0.1, 0.15) is 12.4 Å². The van der Waals surface area contributed by atoms with Crippen molar-refractivity contribution in [3.8, 4) is 6.07 Å². The number of ether oxygens (including phenoxy) is 1. The summed E-state index contributed by atoms with van der Waals surface area (Å²) in [6, 6.07) is 13.6. The molecule has 1 amide bonds. The quantitative estimate of drug-likeness (QED) is 0.913. The number of nitriles is 1. The molecule has 0 aliphatic carbocycles. The third-order valence-electron chi connectivity index (χ3n) is 4.55. The van der Waals surface area contributed by atoms with Crippen LogP contribution in [0.1, 0.15) is 29.5 Å². The number of hydrogen-bond donors (Lipinski definition) is 1. The van der Waals surface area contributed by atoms with Gasteiger partial charge in [0.15, 0.2) is 0 Å². The van der Waals surface area contributed by atoms with Gasteiger partial charge in [0, 0.05) is 30.9 Å². The minimum atomic E-state index is -0.296. The maximum Gasteiger partial charge on any atom is 0.410 e. The molecule has 1 aliphatic heterocycles. The fourth-order valence-corrected chi connectivity index (χ4v) is 3.07. The van der Waals surface area contributed by atoms with Crippen LogP contribution in [0, 0.1) is 18.3 Å². The Kier molecular flexibility index (Phi) is 5.69. The third-order valence-corrected chi connectivity index (χ3v) is 4.55. The van der Waals surface area contributed by atoms with E-state index < -0.39 is 0 Å². The molecule has 26 heavy (non-hydrogen) atoms. The minimum absolute atomic E-state index is 0.0909. The molecule has 2 aromatic rings. The fraction of sp³-hybridized carbons (Fsp3) is 0.350. The molecular formula is C20H22N4O2. The summed E-state index contributed by atoms with van der Waals surface area (Å²) < 4.78 is 5.43. The van der Waals surface area contributed by atoms with Crippen LogP contribution < -0.4 is 5.32 Å². The lowest BCUT2D eigenvalue weighted by Gasteiger charge is -2.33. The first-order chi connectivity index (χ1) is 12.7. The number of aromatic nitrogens is 1. The zero-order valence-corrected chi connectivity index (χ0v) is 14.8. The Hall–Kier alpha value is -3.07. The Morgan fingerprint density at radius 1 is 1.38 bits per heavy atom. The zero-order valence-electron chi connectivity index (χ0n) is 14.8. The molecule has 0 radical (unpaired) electrons. The van der Waals surface area contributed by atoms with Gasteiger partial charge in [0.05, 0.1) is 11.6 Å². The summed E-state index contributed by atoms with van der Waals surface area (Å²) in [5.74, 6) is 0.702. The molecule has 6 nitrogen and oxygen atoms in total. The van der Waals surface area contributed by atoms with Crippen molar-refractivity contribution >= 4 is 11.9 Å². The first kappa shape index (κ1) is 17.7. The van der Waals surface area contributed by atoms with Crippen LogP contribution in [0.15, 0.2) is 42.6 Å². The van der Waals surface area contributed by atoms with Crippen molar-refractivity contribution in [2.45, 2.75) is 32.4 Å². The molecule has 0 spiro atoms. The third kappa shape index (κ3) is 4.31. The highest BCUT2D eigenvalue weighted by atomic mass is 16.6. The van der Waals surface area contributed by atoms with Crippen LogP contribution in [0.4, 0.5) is 10.6 Å². The highest BCUT2D eigenvalue weighted by Crippen LogP contribution is 2.20. The highest BCUT2D eigenvalue weighted by Gasteiger charge is 2.25. The summed E-state index contributed by atoms with van der Waals surface area (Å²) in [7, 11) is 0. The first-order valence-corrected chi connectivity index (χ1v) is 8.75. The van der Waals surface area contributed by atoms with E-state index in [-0.39, 0.29) is 18.7 Å². The molecule has 1 aromatic heterocycles. The maximum atomic E-state index is 12.4. The molecule has 6 heteroatoms. The SMILES string of the molecule is Cc1c(C#N)ccnc1N[C@@H]1CCCN(C(=O)OCc2ccccc2)C1. The van der Waals surface area contributed by atoms with E-state index in [1.54, 1.807) is 17.2 Å². The lowest BCUT2D eigenvalue weighted by atomic mass is 10.1. The second kappa shape index (κ2) is 8.34. The van der Waals surface area contributed by atoms with Crippen LogP contribution in [0.25, 0.3) is 0 Å². The molecular weight excluding hydrogens is 328 g/mol. The number of carbonyl (C=O) groups is 1. The summed E-state index contributed by atoms with van der Waals surface area (Å²) in [4.78, 5) is 18.4. The summed E-state index contributed by atoms with van der Waals surface area (Å²) in [5.41, 5.74) is 2.41. The molecule has 0 saturated carbocycles. The van der Waals surface area contributed by atoms with E-state index in [4.69, 9.17) is 10.00 Å². The molecule has 1 saturated heterocycles. The summed E-state index contributed by atoms with van der Waals surface area (Å²) in [5, 5.41) is 12.5. The lowest BCUT2D eigenvalue weighted by molar-refractivity contribution is 0.0874. The Bertz CT molecular complexity index is 801. The maximum absolute atomic E-state index is 12.4. The Balaban J connectivity index is 1.57. The Labute approximate surface area is 153 Å². The van der Waals surface area contributed by atoms with Crippen molar-refractivity contribution in [1.29, 1.82) is 5.26 Å². The van der Waals surface area contributed by atoms with E-state index in [9.17, 15) is 4.79 Å². The predicted molar refractivity (Wildman–Crippen MR) is 98.5 cm³/mol. The normalized spacial score (nSPS) is 16.6. The molecule has 1 aromatic carbocycles. The number of pyridine rings is 1. The second-order valence-electron chi connectivity index (χ2n) is 6.41. The van der Waals surface area contributed by atoms with Crippen molar-refractivity contribution in [3.05, 3.63) is 59.3 Å². The number of nitrogens with one attached hydrogen (secondary N) is 1. The summed E-state index contributed by atoms with van der Waals surface area (Å²) in [6.45, 7) is 3.41. The minimum Gasteiger partial charge on any atom is -0.445 e. The van der Waals surface area contributed by atoms with Crippen molar-refractivity contribution < 1.29 is 9.53 Å². The van der Waals surface area contributed by atoms with Crippen molar-refractivity contribution in [1.82, 2.24) is 9.88 Å². The van der Waals surface area contributed by atoms with Gasteiger partial charge >= 0.3 is 6.09 Å². The number of piperidine rings is 1. The highest BCUT2D eigenvalue weighted by molar-refractivity contribution is 5.68. The number of amides is 1. The van der Waals surface area contributed by atoms with Gasteiger partial charge in [0.25, 0.3) is 0 Å². The largest absolute Gasteiger partial charge is 0.445 e. The smallest absolute Gasteiger partial charge is 0.410 e. The fourth-order valence-electron chi connectivity index (χ4n) is 3.07. The van der Waals surface area contributed by atoms with E-state index in [0.717, 1.165) is 24.0 Å². The number of rotatable bonds is 4. The van der Waals surface area contributed by atoms with Crippen LogP contribution in [-0.2, 0) is 11.3 Å². The molecule has 1 atom stereocenters. The van der Waals surface area contributed by atoms with E-state index in [1.807, 2.05) is 37.3 Å². The summed E-state index contributed by atoms with van der Waals surface area (Å²) in [6.07, 6.45) is 3.17. The van der Waals surface area contributed by atoms with E-state index in [0.29, 0.717) is 24.5 Å². The number of likely N-dealkylation sites (tertiary alicyclic amines) is 1. The van der Waals surface area contributed by atoms with Gasteiger partial charge in [-0.05, 0) is 31.4 Å². The topological polar surface area (TPSA) is 78.3 Å². The molecule has 3 rings (SSSR count). The van der Waals surface area contributed by atoms with E-state index in [1.165, 1.54) is 0 Å². The molecule has 0 unspecified atom stereocenters. The van der Waals surface area contributed by atoms with E-state index in [2.05, 4.69) is 16.4 Å². The van der Waals surface area contributed by atoms with Crippen molar-refractivity contribution in [3.63, 3.8) is 0 Å². The zero-order chi connectivity index (χ0) is 18.4. The van der Waals surface area contributed by atoms with Crippen LogP contribution in [0.3, 0.4) is 0 Å². The van der Waals surface area contributed by atoms with Gasteiger partial charge < -0.3 is 15.0 Å². The van der Waals surface area contributed by atoms with Crippen molar-refractivity contribution in [2.75, 3.05) is 18.4 Å². The molecule has 1 aliphatic rings. The Morgan fingerprint density at radius 2 is 2.19 bits per heavy atom. The lowest BCUT2D eigenvalue weighted by Crippen LogP contribution is -2.45. The number of anilines is 1. The monoisotopic (exact) mass is 350 g/mol. The average Bonchev–Trinajstić information content (AvgIpc) is 2.69. The average molecular weight is 350 g/mol. The van der Waals surface area contributed by atoms with Gasteiger partial charge in [-0.1, -0.05) is 30.3 Å². The number of benzene rings is 1. The van der Waals surface area contributed by atoms with Crippen molar-refractivity contribution in [2.24, 2.45) is 0 Å². The standard InChI is InChI=1S/C20H22N4O2/c1-15-17(12-21)9-10-22-19(15)23-18-8-5-11-24(13-18)20(25)26-14-16-6-3-2-4-7-16/h2-4,6-7,9-10,18H,5,8,11,13-14H2,1H3,(H,22,23)/t18-/m1/s1.